The van der Waals surface area contributed by atoms with Crippen molar-refractivity contribution in [3.8, 4) is 22.8 Å². The number of anilines is 1. The maximum atomic E-state index is 12.4. The van der Waals surface area contributed by atoms with E-state index in [-0.39, 0.29) is 5.91 Å². The minimum Gasteiger partial charge on any atom is -0.457 e. The lowest BCUT2D eigenvalue weighted by Gasteiger charge is -2.02. The molecule has 0 saturated carbocycles. The molecule has 0 radical (unpaired) electrons. The van der Waals surface area contributed by atoms with E-state index in [4.69, 9.17) is 8.83 Å². The van der Waals surface area contributed by atoms with Gasteiger partial charge in [-0.05, 0) is 66.1 Å². The largest absolute Gasteiger partial charge is 0.457 e. The van der Waals surface area contributed by atoms with E-state index < -0.39 is 0 Å². The Hall–Kier alpha value is -4.38. The first-order valence-electron chi connectivity index (χ1n) is 11.2. The molecule has 34 heavy (non-hydrogen) atoms. The number of carbonyl (C=O) groups is 1. The highest BCUT2D eigenvalue weighted by Crippen LogP contribution is 2.28. The number of benzene rings is 3. The Labute approximate surface area is 197 Å². The third-order valence-electron chi connectivity index (χ3n) is 5.56. The van der Waals surface area contributed by atoms with E-state index in [1.807, 2.05) is 72.8 Å². The molecule has 0 atom stereocenters. The van der Waals surface area contributed by atoms with Crippen molar-refractivity contribution in [1.29, 1.82) is 0 Å². The summed E-state index contributed by atoms with van der Waals surface area (Å²) in [6, 6.07) is 27.1. The van der Waals surface area contributed by atoms with Gasteiger partial charge in [0.1, 0.15) is 17.0 Å². The average molecular weight is 449 g/mol. The molecule has 0 saturated heterocycles. The van der Waals surface area contributed by atoms with Crippen LogP contribution in [0.2, 0.25) is 0 Å². The molecule has 5 aromatic rings. The Morgan fingerprint density at radius 1 is 0.882 bits per heavy atom. The van der Waals surface area contributed by atoms with Crippen LogP contribution >= 0.6 is 0 Å². The van der Waals surface area contributed by atoms with E-state index in [0.717, 1.165) is 28.0 Å². The van der Waals surface area contributed by atoms with Gasteiger partial charge >= 0.3 is 0 Å². The molecule has 2 aromatic heterocycles. The van der Waals surface area contributed by atoms with Crippen molar-refractivity contribution >= 4 is 28.8 Å². The zero-order valence-electron chi connectivity index (χ0n) is 19.0. The van der Waals surface area contributed by atoms with E-state index in [0.29, 0.717) is 23.3 Å². The normalized spacial score (nSPS) is 11.5. The number of nitrogens with one attached hydrogen (secondary N) is 1. The lowest BCUT2D eigenvalue weighted by atomic mass is 10.0. The van der Waals surface area contributed by atoms with Gasteiger partial charge in [0.25, 0.3) is 0 Å². The van der Waals surface area contributed by atoms with Gasteiger partial charge in [-0.25, -0.2) is 4.98 Å². The van der Waals surface area contributed by atoms with Crippen LogP contribution in [0.1, 0.15) is 31.1 Å². The van der Waals surface area contributed by atoms with Gasteiger partial charge in [0.15, 0.2) is 5.58 Å². The van der Waals surface area contributed by atoms with Crippen LogP contribution in [0.25, 0.3) is 40.0 Å². The molecule has 3 aromatic carbocycles. The molecule has 2 heterocycles. The second-order valence-corrected chi connectivity index (χ2v) is 8.37. The first-order chi connectivity index (χ1) is 16.5. The number of amides is 1. The fraction of sp³-hybridized carbons (Fsp3) is 0.103. The molecular weight excluding hydrogens is 424 g/mol. The predicted molar refractivity (Wildman–Crippen MR) is 135 cm³/mol. The quantitative estimate of drug-likeness (QED) is 0.273. The Kier molecular flexibility index (Phi) is 5.83. The zero-order chi connectivity index (χ0) is 23.5. The summed E-state index contributed by atoms with van der Waals surface area (Å²) in [7, 11) is 0. The first-order valence-corrected chi connectivity index (χ1v) is 11.2. The van der Waals surface area contributed by atoms with Crippen LogP contribution in [-0.4, -0.2) is 10.9 Å². The van der Waals surface area contributed by atoms with Crippen LogP contribution < -0.4 is 5.32 Å². The summed E-state index contributed by atoms with van der Waals surface area (Å²) >= 11 is 0. The minimum atomic E-state index is -0.242. The Morgan fingerprint density at radius 2 is 1.68 bits per heavy atom. The SMILES string of the molecule is CC(C)c1ccc2oc(-c3ccc(NC(=O)/C=C/c4ccc(-c5ccccc5)o4)cc3)nc2c1. The number of oxazole rings is 1. The van der Waals surface area contributed by atoms with Crippen LogP contribution in [0, 0.1) is 0 Å². The van der Waals surface area contributed by atoms with Crippen molar-refractivity contribution in [2.24, 2.45) is 0 Å². The molecule has 0 aliphatic rings. The second-order valence-electron chi connectivity index (χ2n) is 8.37. The molecule has 0 unspecified atom stereocenters. The molecule has 5 nitrogen and oxygen atoms in total. The van der Waals surface area contributed by atoms with Gasteiger partial charge in [-0.2, -0.15) is 0 Å². The van der Waals surface area contributed by atoms with Gasteiger partial charge in [0.05, 0.1) is 0 Å². The Balaban J connectivity index is 1.24. The Bertz CT molecular complexity index is 1460. The van der Waals surface area contributed by atoms with Crippen molar-refractivity contribution in [3.63, 3.8) is 0 Å². The molecule has 0 aliphatic heterocycles. The van der Waals surface area contributed by atoms with E-state index >= 15 is 0 Å². The van der Waals surface area contributed by atoms with Gasteiger partial charge in [0, 0.05) is 22.9 Å². The van der Waals surface area contributed by atoms with Gasteiger partial charge in [0.2, 0.25) is 11.8 Å². The van der Waals surface area contributed by atoms with Gasteiger partial charge in [-0.1, -0.05) is 50.2 Å². The zero-order valence-corrected chi connectivity index (χ0v) is 19.0. The highest BCUT2D eigenvalue weighted by atomic mass is 16.3. The average Bonchev–Trinajstić information content (AvgIpc) is 3.50. The predicted octanol–water partition coefficient (Wildman–Crippen LogP) is 7.53. The summed E-state index contributed by atoms with van der Waals surface area (Å²) in [4.78, 5) is 17.0. The molecule has 1 amide bonds. The monoisotopic (exact) mass is 448 g/mol. The molecule has 5 rings (SSSR count). The van der Waals surface area contributed by atoms with Crippen LogP contribution in [0.5, 0.6) is 0 Å². The maximum absolute atomic E-state index is 12.4. The van der Waals surface area contributed by atoms with Gasteiger partial charge < -0.3 is 14.2 Å². The van der Waals surface area contributed by atoms with Crippen molar-refractivity contribution in [2.45, 2.75) is 19.8 Å². The van der Waals surface area contributed by atoms with Crippen LogP contribution in [-0.2, 0) is 4.79 Å². The number of carbonyl (C=O) groups excluding carboxylic acids is 1. The third-order valence-corrected chi connectivity index (χ3v) is 5.56. The number of nitrogens with zero attached hydrogens (tertiary/aromatic N) is 1. The maximum Gasteiger partial charge on any atom is 0.248 e. The molecule has 1 N–H and O–H groups in total. The van der Waals surface area contributed by atoms with Crippen LogP contribution in [0.4, 0.5) is 5.69 Å². The second kappa shape index (κ2) is 9.24. The van der Waals surface area contributed by atoms with E-state index in [9.17, 15) is 4.79 Å². The fourth-order valence-corrected chi connectivity index (χ4v) is 3.66. The molecule has 5 heteroatoms. The number of furan rings is 1. The topological polar surface area (TPSA) is 68.3 Å². The summed E-state index contributed by atoms with van der Waals surface area (Å²) in [6.07, 6.45) is 3.11. The first kappa shape index (κ1) is 21.5. The summed E-state index contributed by atoms with van der Waals surface area (Å²) in [5.41, 5.74) is 5.35. The number of aromatic nitrogens is 1. The molecule has 0 aliphatic carbocycles. The smallest absolute Gasteiger partial charge is 0.248 e. The number of fused-ring (bicyclic) bond motifs is 1. The molecular formula is C29H24N2O3. The van der Waals surface area contributed by atoms with Crippen molar-refractivity contribution < 1.29 is 13.6 Å². The summed E-state index contributed by atoms with van der Waals surface area (Å²) in [6.45, 7) is 4.31. The lowest BCUT2D eigenvalue weighted by Crippen LogP contribution is -2.07. The number of hydrogen-bond acceptors (Lipinski definition) is 4. The lowest BCUT2D eigenvalue weighted by molar-refractivity contribution is -0.111. The van der Waals surface area contributed by atoms with E-state index in [1.54, 1.807) is 6.08 Å². The third kappa shape index (κ3) is 4.69. The number of hydrogen-bond donors (Lipinski definition) is 1. The fourth-order valence-electron chi connectivity index (χ4n) is 3.66. The standard InChI is InChI=1S/C29H24N2O3/c1-19(2)22-10-15-27-25(18-22)31-29(34-27)21-8-11-23(12-9-21)30-28(32)17-14-24-13-16-26(33-24)20-6-4-3-5-7-20/h3-19H,1-2H3,(H,30,32)/b17-14+. The minimum absolute atomic E-state index is 0.242. The van der Waals surface area contributed by atoms with Gasteiger partial charge in [-0.15, -0.1) is 0 Å². The van der Waals surface area contributed by atoms with Crippen molar-refractivity contribution in [3.05, 3.63) is 102 Å². The molecule has 0 spiro atoms. The van der Waals surface area contributed by atoms with Crippen LogP contribution in [0.3, 0.4) is 0 Å². The number of rotatable bonds is 6. The highest BCUT2D eigenvalue weighted by Gasteiger charge is 2.10. The Morgan fingerprint density at radius 3 is 2.44 bits per heavy atom. The van der Waals surface area contributed by atoms with E-state index in [1.165, 1.54) is 11.6 Å². The van der Waals surface area contributed by atoms with Crippen molar-refractivity contribution in [1.82, 2.24) is 4.98 Å². The van der Waals surface area contributed by atoms with Crippen LogP contribution in [0.15, 0.2) is 99.8 Å². The summed E-state index contributed by atoms with van der Waals surface area (Å²) in [5.74, 6) is 2.12. The van der Waals surface area contributed by atoms with Gasteiger partial charge in [-0.3, -0.25) is 4.79 Å². The van der Waals surface area contributed by atoms with E-state index in [2.05, 4.69) is 36.3 Å². The molecule has 168 valence electrons. The van der Waals surface area contributed by atoms with Crippen molar-refractivity contribution in [2.75, 3.05) is 5.32 Å². The highest BCUT2D eigenvalue weighted by molar-refractivity contribution is 6.01. The summed E-state index contributed by atoms with van der Waals surface area (Å²) in [5, 5.41) is 2.86. The molecule has 0 fully saturated rings. The summed E-state index contributed by atoms with van der Waals surface area (Å²) < 4.78 is 11.7. The molecule has 0 bridgehead atoms.